The van der Waals surface area contributed by atoms with Crippen LogP contribution in [0.15, 0.2) is 48.8 Å². The van der Waals surface area contributed by atoms with Crippen LogP contribution in [0.4, 0.5) is 5.82 Å². The predicted molar refractivity (Wildman–Crippen MR) is 112 cm³/mol. The van der Waals surface area contributed by atoms with E-state index in [1.54, 1.807) is 6.20 Å². The lowest BCUT2D eigenvalue weighted by molar-refractivity contribution is 0.258. The first-order valence-corrected chi connectivity index (χ1v) is 10.5. The van der Waals surface area contributed by atoms with Crippen LogP contribution >= 0.6 is 0 Å². The number of ether oxygens (including phenoxy) is 1. The van der Waals surface area contributed by atoms with E-state index in [0.717, 1.165) is 49.1 Å². The number of benzene rings is 1. The van der Waals surface area contributed by atoms with Gasteiger partial charge in [-0.1, -0.05) is 6.07 Å². The van der Waals surface area contributed by atoms with Crippen LogP contribution in [0.5, 0.6) is 5.88 Å². The number of rotatable bonds is 2. The lowest BCUT2D eigenvalue weighted by atomic mass is 9.79. The van der Waals surface area contributed by atoms with Crippen molar-refractivity contribution in [3.05, 3.63) is 54.4 Å². The highest BCUT2D eigenvalue weighted by Gasteiger charge is 2.38. The van der Waals surface area contributed by atoms with Gasteiger partial charge >= 0.3 is 0 Å². The third-order valence-corrected chi connectivity index (χ3v) is 6.68. The Labute approximate surface area is 170 Å². The Morgan fingerprint density at radius 3 is 2.93 bits per heavy atom. The molecule has 3 aromatic rings. The molecular weight excluding hydrogens is 362 g/mol. The number of piperidine rings is 1. The van der Waals surface area contributed by atoms with E-state index in [2.05, 4.69) is 45.6 Å². The van der Waals surface area contributed by atoms with Gasteiger partial charge in [0.15, 0.2) is 0 Å². The monoisotopic (exact) mass is 387 g/mol. The highest BCUT2D eigenvalue weighted by atomic mass is 16.5. The molecule has 5 heterocycles. The third-order valence-electron chi connectivity index (χ3n) is 6.68. The van der Waals surface area contributed by atoms with E-state index >= 15 is 0 Å². The van der Waals surface area contributed by atoms with E-state index in [1.807, 2.05) is 16.9 Å². The molecule has 2 aromatic heterocycles. The number of anilines is 1. The summed E-state index contributed by atoms with van der Waals surface area (Å²) in [6, 6.07) is 12.7. The Kier molecular flexibility index (Phi) is 3.87. The zero-order valence-electron chi connectivity index (χ0n) is 16.5. The quantitative estimate of drug-likeness (QED) is 0.730. The summed E-state index contributed by atoms with van der Waals surface area (Å²) < 4.78 is 7.97. The van der Waals surface area contributed by atoms with Gasteiger partial charge in [-0.05, 0) is 67.3 Å². The van der Waals surface area contributed by atoms with Crippen molar-refractivity contribution in [3.8, 4) is 22.7 Å². The average molecular weight is 387 g/mol. The minimum Gasteiger partial charge on any atom is -0.472 e. The Morgan fingerprint density at radius 1 is 1.10 bits per heavy atom. The molecule has 1 aromatic carbocycles. The van der Waals surface area contributed by atoms with Crippen LogP contribution in [-0.2, 0) is 6.61 Å². The first-order valence-electron chi connectivity index (χ1n) is 10.5. The van der Waals surface area contributed by atoms with Crippen LogP contribution in [0.2, 0.25) is 0 Å². The minimum absolute atomic E-state index is 0.423. The predicted octanol–water partition coefficient (Wildman–Crippen LogP) is 3.41. The molecule has 0 radical (unpaired) electrons. The summed E-state index contributed by atoms with van der Waals surface area (Å²) in [6.07, 6.45) is 7.59. The van der Waals surface area contributed by atoms with Gasteiger partial charge in [-0.3, -0.25) is 0 Å². The summed E-state index contributed by atoms with van der Waals surface area (Å²) in [5.41, 5.74) is 4.93. The van der Waals surface area contributed by atoms with Gasteiger partial charge in [0.1, 0.15) is 12.4 Å². The Bertz CT molecular complexity index is 1040. The normalized spacial score (nSPS) is 23.0. The van der Waals surface area contributed by atoms with E-state index in [-0.39, 0.29) is 0 Å². The van der Waals surface area contributed by atoms with Gasteiger partial charge < -0.3 is 15.0 Å². The van der Waals surface area contributed by atoms with Gasteiger partial charge in [-0.25, -0.2) is 4.68 Å². The fourth-order valence-electron chi connectivity index (χ4n) is 5.14. The van der Waals surface area contributed by atoms with Gasteiger partial charge in [-0.15, -0.1) is 0 Å². The number of pyridine rings is 1. The van der Waals surface area contributed by atoms with E-state index in [4.69, 9.17) is 9.72 Å². The second kappa shape index (κ2) is 6.59. The smallest absolute Gasteiger partial charge is 0.223 e. The summed E-state index contributed by atoms with van der Waals surface area (Å²) in [5.74, 6) is 1.80. The molecule has 6 nitrogen and oxygen atoms in total. The number of nitrogens with zero attached hydrogens (tertiary/aromatic N) is 4. The molecule has 1 N–H and O–H groups in total. The molecule has 3 aliphatic rings. The lowest BCUT2D eigenvalue weighted by Gasteiger charge is -2.40. The molecule has 6 rings (SSSR count). The third kappa shape index (κ3) is 2.90. The van der Waals surface area contributed by atoms with Crippen molar-refractivity contribution >= 4 is 5.82 Å². The van der Waals surface area contributed by atoms with Crippen molar-refractivity contribution in [1.82, 2.24) is 20.1 Å². The van der Waals surface area contributed by atoms with Crippen molar-refractivity contribution < 1.29 is 4.74 Å². The second-order valence-corrected chi connectivity index (χ2v) is 8.55. The topological polar surface area (TPSA) is 55.2 Å². The summed E-state index contributed by atoms with van der Waals surface area (Å²) in [7, 11) is 0. The van der Waals surface area contributed by atoms with Crippen LogP contribution in [0.1, 0.15) is 24.8 Å². The summed E-state index contributed by atoms with van der Waals surface area (Å²) in [6.45, 7) is 5.00. The highest BCUT2D eigenvalue weighted by molar-refractivity contribution is 5.75. The summed E-state index contributed by atoms with van der Waals surface area (Å²) in [4.78, 5) is 7.38. The first-order chi connectivity index (χ1) is 14.3. The largest absolute Gasteiger partial charge is 0.472 e. The second-order valence-electron chi connectivity index (χ2n) is 8.55. The van der Waals surface area contributed by atoms with E-state index in [0.29, 0.717) is 12.0 Å². The maximum absolute atomic E-state index is 6.09. The molecule has 1 atom stereocenters. The Hall–Kier alpha value is -2.86. The highest BCUT2D eigenvalue weighted by Crippen LogP contribution is 2.40. The number of hydrogen-bond acceptors (Lipinski definition) is 5. The van der Waals surface area contributed by atoms with Crippen molar-refractivity contribution in [3.63, 3.8) is 0 Å². The molecular formula is C23H25N5O. The van der Waals surface area contributed by atoms with Crippen molar-refractivity contribution in [2.75, 3.05) is 31.1 Å². The summed E-state index contributed by atoms with van der Waals surface area (Å²) >= 11 is 0. The molecule has 6 heteroatoms. The molecule has 2 saturated heterocycles. The SMILES string of the molecule is c1cnn(-c2ccc3c(c2)COc2nc(N4CCCC5(CCNC5)C4)ccc2-3)c1. The van der Waals surface area contributed by atoms with Gasteiger partial charge in [-0.2, -0.15) is 10.1 Å². The standard InChI is InChI=1S/C23H25N5O/c1-7-23(8-10-24-15-23)16-27(11-1)21-6-5-20-19-4-3-18(28-12-2-9-25-28)13-17(19)14-29-22(20)26-21/h2-6,9,12-13,24H,1,7-8,10-11,14-16H2. The Balaban J connectivity index is 1.30. The van der Waals surface area contributed by atoms with Crippen LogP contribution < -0.4 is 15.0 Å². The zero-order chi connectivity index (χ0) is 19.3. The lowest BCUT2D eigenvalue weighted by Crippen LogP contribution is -2.44. The maximum Gasteiger partial charge on any atom is 0.223 e. The molecule has 1 unspecified atom stereocenters. The van der Waals surface area contributed by atoms with E-state index in [9.17, 15) is 0 Å². The first kappa shape index (κ1) is 17.0. The molecule has 0 amide bonds. The van der Waals surface area contributed by atoms with Gasteiger partial charge in [0.25, 0.3) is 0 Å². The molecule has 29 heavy (non-hydrogen) atoms. The van der Waals surface area contributed by atoms with Gasteiger partial charge in [0.2, 0.25) is 5.88 Å². The molecule has 0 saturated carbocycles. The number of nitrogens with one attached hydrogen (secondary N) is 1. The van der Waals surface area contributed by atoms with E-state index in [1.165, 1.54) is 30.4 Å². The van der Waals surface area contributed by atoms with Crippen LogP contribution in [0.25, 0.3) is 16.8 Å². The fourth-order valence-corrected chi connectivity index (χ4v) is 5.14. The van der Waals surface area contributed by atoms with Crippen LogP contribution in [0, 0.1) is 5.41 Å². The van der Waals surface area contributed by atoms with Gasteiger partial charge in [0, 0.05) is 43.0 Å². The summed E-state index contributed by atoms with van der Waals surface area (Å²) in [5, 5.41) is 7.88. The fraction of sp³-hybridized carbons (Fsp3) is 0.391. The molecule has 3 aliphatic heterocycles. The van der Waals surface area contributed by atoms with Gasteiger partial charge in [0.05, 0.1) is 5.69 Å². The maximum atomic E-state index is 6.09. The van der Waals surface area contributed by atoms with Crippen LogP contribution in [-0.4, -0.2) is 40.9 Å². The molecule has 1 spiro atoms. The molecule has 0 aliphatic carbocycles. The number of aromatic nitrogens is 3. The number of fused-ring (bicyclic) bond motifs is 3. The van der Waals surface area contributed by atoms with Crippen molar-refractivity contribution in [2.24, 2.45) is 5.41 Å². The minimum atomic E-state index is 0.423. The van der Waals surface area contributed by atoms with Crippen molar-refractivity contribution in [2.45, 2.75) is 25.9 Å². The molecule has 0 bridgehead atoms. The number of hydrogen-bond donors (Lipinski definition) is 1. The zero-order valence-corrected chi connectivity index (χ0v) is 16.5. The van der Waals surface area contributed by atoms with Crippen molar-refractivity contribution in [1.29, 1.82) is 0 Å². The van der Waals surface area contributed by atoms with Crippen LogP contribution in [0.3, 0.4) is 0 Å². The average Bonchev–Trinajstić information content (AvgIpc) is 3.46. The molecule has 148 valence electrons. The Morgan fingerprint density at radius 2 is 2.07 bits per heavy atom. The molecule has 2 fully saturated rings. The van der Waals surface area contributed by atoms with E-state index < -0.39 is 0 Å².